The van der Waals surface area contributed by atoms with Crippen LogP contribution in [0.2, 0.25) is 0 Å². The number of aldehydes is 1. The van der Waals surface area contributed by atoms with Crippen molar-refractivity contribution >= 4 is 40.4 Å². The number of carbonyl (C=O) groups is 3. The van der Waals surface area contributed by atoms with Crippen LogP contribution in [0.1, 0.15) is 48.1 Å². The number of benzene rings is 1. The van der Waals surface area contributed by atoms with Gasteiger partial charge in [0.2, 0.25) is 11.8 Å². The molecule has 0 N–H and O–H groups in total. The molecule has 1 aliphatic heterocycles. The van der Waals surface area contributed by atoms with Crippen LogP contribution in [-0.2, 0) is 29.2 Å². The fourth-order valence-electron chi connectivity index (χ4n) is 5.58. The Kier molecular flexibility index (Phi) is 7.83. The lowest BCUT2D eigenvalue weighted by Crippen LogP contribution is -2.47. The third-order valence-electron chi connectivity index (χ3n) is 7.90. The predicted octanol–water partition coefficient (Wildman–Crippen LogP) is 4.17. The fraction of sp³-hybridized carbons (Fsp3) is 0.344. The van der Waals surface area contributed by atoms with E-state index in [0.717, 1.165) is 17.4 Å². The molecule has 10 heteroatoms. The van der Waals surface area contributed by atoms with Crippen LogP contribution in [0, 0.1) is 12.3 Å². The quantitative estimate of drug-likeness (QED) is 0.220. The van der Waals surface area contributed by atoms with Crippen molar-refractivity contribution in [3.63, 3.8) is 0 Å². The molecule has 42 heavy (non-hydrogen) atoms. The van der Waals surface area contributed by atoms with Gasteiger partial charge in [0, 0.05) is 52.2 Å². The van der Waals surface area contributed by atoms with E-state index in [1.807, 2.05) is 38.1 Å². The van der Waals surface area contributed by atoms with E-state index in [2.05, 4.69) is 9.88 Å². The fourth-order valence-corrected chi connectivity index (χ4v) is 5.58. The van der Waals surface area contributed by atoms with Gasteiger partial charge in [-0.15, -0.1) is 0 Å². The van der Waals surface area contributed by atoms with Crippen molar-refractivity contribution in [1.82, 2.24) is 14.5 Å². The summed E-state index contributed by atoms with van der Waals surface area (Å²) in [5.41, 5.74) is 2.63. The number of furan rings is 1. The van der Waals surface area contributed by atoms with E-state index in [-0.39, 0.29) is 17.4 Å². The molecule has 0 fully saturated rings. The van der Waals surface area contributed by atoms with Gasteiger partial charge in [-0.05, 0) is 69.2 Å². The van der Waals surface area contributed by atoms with Crippen molar-refractivity contribution in [2.75, 3.05) is 29.9 Å². The molecular weight excluding hydrogens is 534 g/mol. The third kappa shape index (κ3) is 5.25. The van der Waals surface area contributed by atoms with E-state index in [4.69, 9.17) is 4.42 Å². The van der Waals surface area contributed by atoms with E-state index in [1.165, 1.54) is 0 Å². The van der Waals surface area contributed by atoms with Gasteiger partial charge in [0.15, 0.2) is 6.29 Å². The highest BCUT2D eigenvalue weighted by atomic mass is 16.3. The van der Waals surface area contributed by atoms with E-state index < -0.39 is 5.41 Å². The van der Waals surface area contributed by atoms with Crippen molar-refractivity contribution in [2.24, 2.45) is 5.41 Å². The Morgan fingerprint density at radius 1 is 1.02 bits per heavy atom. The zero-order valence-electron chi connectivity index (χ0n) is 24.6. The molecule has 1 aromatic carbocycles. The Hall–Kier alpha value is -4.57. The Bertz CT molecular complexity index is 1740. The van der Waals surface area contributed by atoms with Gasteiger partial charge in [-0.25, -0.2) is 0 Å². The number of nitrogens with zero attached hydrogens (tertiary/aromatic N) is 5. The number of rotatable bonds is 9. The molecule has 0 radical (unpaired) electrons. The zero-order valence-corrected chi connectivity index (χ0v) is 24.6. The van der Waals surface area contributed by atoms with Crippen molar-refractivity contribution in [2.45, 2.75) is 47.3 Å². The first-order valence-corrected chi connectivity index (χ1v) is 14.0. The second-order valence-corrected chi connectivity index (χ2v) is 11.2. The number of carbonyl (C=O) groups excluding carboxylic acids is 3. The maximum absolute atomic E-state index is 13.3. The molecule has 5 rings (SSSR count). The number of amides is 2. The molecule has 0 spiro atoms. The summed E-state index contributed by atoms with van der Waals surface area (Å²) in [6, 6.07) is 13.0. The van der Waals surface area contributed by atoms with E-state index in [9.17, 15) is 19.2 Å². The molecule has 10 nitrogen and oxygen atoms in total. The van der Waals surface area contributed by atoms with Gasteiger partial charge >= 0.3 is 0 Å². The lowest BCUT2D eigenvalue weighted by Gasteiger charge is -2.27. The van der Waals surface area contributed by atoms with Crippen molar-refractivity contribution in [3.05, 3.63) is 87.8 Å². The average Bonchev–Trinajstić information content (AvgIpc) is 3.36. The molecule has 1 aliphatic rings. The molecule has 4 heterocycles. The first-order valence-electron chi connectivity index (χ1n) is 14.0. The number of anilines is 2. The van der Waals surface area contributed by atoms with Gasteiger partial charge in [0.25, 0.3) is 5.56 Å². The van der Waals surface area contributed by atoms with E-state index in [0.29, 0.717) is 66.5 Å². The van der Waals surface area contributed by atoms with Crippen LogP contribution in [0.4, 0.5) is 11.4 Å². The van der Waals surface area contributed by atoms with E-state index >= 15 is 0 Å². The minimum Gasteiger partial charge on any atom is -0.461 e. The Balaban J connectivity index is 1.48. The normalized spacial score (nSPS) is 14.9. The lowest BCUT2D eigenvalue weighted by atomic mass is 9.90. The Morgan fingerprint density at radius 2 is 1.81 bits per heavy atom. The summed E-state index contributed by atoms with van der Waals surface area (Å²) < 4.78 is 7.26. The Labute approximate surface area is 244 Å². The van der Waals surface area contributed by atoms with Crippen LogP contribution in [0.25, 0.3) is 11.0 Å². The highest BCUT2D eigenvalue weighted by molar-refractivity contribution is 6.19. The standard InChI is InChI=1S/C32H35N5O5/c1-6-37-26-10-9-22(17-27(26)34(5)30(40)32(3,4)31(37)41)18-35(19-23-8-7-12-33-25(23)20-38)14-15-36-13-11-28-24(29(36)39)16-21(2)42-28/h7-13,16-17,20H,6,14-15,18-19H2,1-5H3. The smallest absolute Gasteiger partial charge is 0.261 e. The first kappa shape index (κ1) is 28.9. The van der Waals surface area contributed by atoms with Crippen molar-refractivity contribution in [1.29, 1.82) is 0 Å². The Morgan fingerprint density at radius 3 is 2.55 bits per heavy atom. The van der Waals surface area contributed by atoms with Crippen LogP contribution < -0.4 is 15.4 Å². The highest BCUT2D eigenvalue weighted by Crippen LogP contribution is 2.39. The minimum atomic E-state index is -1.19. The number of hydrogen-bond acceptors (Lipinski definition) is 7. The monoisotopic (exact) mass is 569 g/mol. The van der Waals surface area contributed by atoms with Crippen molar-refractivity contribution in [3.8, 4) is 0 Å². The van der Waals surface area contributed by atoms with Gasteiger partial charge < -0.3 is 18.8 Å². The molecule has 0 saturated carbocycles. The van der Waals surface area contributed by atoms with Gasteiger partial charge in [0.1, 0.15) is 22.5 Å². The van der Waals surface area contributed by atoms with Crippen LogP contribution in [0.3, 0.4) is 0 Å². The molecule has 0 bridgehead atoms. The second-order valence-electron chi connectivity index (χ2n) is 11.2. The predicted molar refractivity (Wildman–Crippen MR) is 161 cm³/mol. The molecule has 3 aromatic heterocycles. The second kappa shape index (κ2) is 11.4. The van der Waals surface area contributed by atoms with Crippen LogP contribution in [0.15, 0.2) is 64.1 Å². The summed E-state index contributed by atoms with van der Waals surface area (Å²) in [5, 5.41) is 0.536. The van der Waals surface area contributed by atoms with Gasteiger partial charge in [0.05, 0.1) is 16.8 Å². The molecule has 0 saturated heterocycles. The van der Waals surface area contributed by atoms with Gasteiger partial charge in [-0.1, -0.05) is 12.1 Å². The zero-order chi connectivity index (χ0) is 30.2. The molecular formula is C32H35N5O5. The number of hydrogen-bond donors (Lipinski definition) is 0. The van der Waals surface area contributed by atoms with Crippen LogP contribution in [-0.4, -0.2) is 52.7 Å². The topological polar surface area (TPSA) is 109 Å². The largest absolute Gasteiger partial charge is 0.461 e. The maximum Gasteiger partial charge on any atom is 0.261 e. The van der Waals surface area contributed by atoms with Crippen LogP contribution in [0.5, 0.6) is 0 Å². The van der Waals surface area contributed by atoms with E-state index in [1.54, 1.807) is 65.9 Å². The summed E-state index contributed by atoms with van der Waals surface area (Å²) in [5.74, 6) is 0.176. The summed E-state index contributed by atoms with van der Waals surface area (Å²) in [4.78, 5) is 61.0. The summed E-state index contributed by atoms with van der Waals surface area (Å²) in [6.45, 7) is 9.25. The lowest BCUT2D eigenvalue weighted by molar-refractivity contribution is -0.137. The summed E-state index contributed by atoms with van der Waals surface area (Å²) in [7, 11) is 1.70. The number of pyridine rings is 2. The summed E-state index contributed by atoms with van der Waals surface area (Å²) in [6.07, 6.45) is 4.06. The number of aromatic nitrogens is 2. The van der Waals surface area contributed by atoms with Crippen molar-refractivity contribution < 1.29 is 18.8 Å². The first-order chi connectivity index (χ1) is 20.0. The molecule has 2 amide bonds. The van der Waals surface area contributed by atoms with Gasteiger partial charge in [-0.2, -0.15) is 0 Å². The van der Waals surface area contributed by atoms with Crippen LogP contribution >= 0.6 is 0 Å². The SMILES string of the molecule is CCN1C(=O)C(C)(C)C(=O)N(C)c2cc(CN(CCn3ccc4oc(C)cc4c3=O)Cc3cccnc3C=O)ccc21. The molecule has 0 atom stereocenters. The molecule has 0 aliphatic carbocycles. The van der Waals surface area contributed by atoms with Gasteiger partial charge in [-0.3, -0.25) is 29.1 Å². The third-order valence-corrected chi connectivity index (χ3v) is 7.90. The summed E-state index contributed by atoms with van der Waals surface area (Å²) >= 11 is 0. The molecule has 0 unspecified atom stereocenters. The molecule has 4 aromatic rings. The average molecular weight is 570 g/mol. The highest BCUT2D eigenvalue weighted by Gasteiger charge is 2.45. The number of fused-ring (bicyclic) bond motifs is 2. The maximum atomic E-state index is 13.3. The molecule has 218 valence electrons. The number of aryl methyl sites for hydroxylation is 1. The minimum absolute atomic E-state index is 0.128.